The van der Waals surface area contributed by atoms with E-state index in [0.717, 1.165) is 6.42 Å². The Morgan fingerprint density at radius 2 is 1.62 bits per heavy atom. The third kappa shape index (κ3) is 18.3. The topological polar surface area (TPSA) is 0 Å². The summed E-state index contributed by atoms with van der Waals surface area (Å²) in [7, 11) is 0. The fourth-order valence-electron chi connectivity index (χ4n) is 0.657. The van der Waals surface area contributed by atoms with Gasteiger partial charge < -0.3 is 0 Å². The molecule has 0 N–H and O–H groups in total. The summed E-state index contributed by atoms with van der Waals surface area (Å²) in [4.78, 5) is 0. The monoisotopic (exact) mass is 182 g/mol. The minimum Gasteiger partial charge on any atom is -0.0991 e. The fraction of sp³-hybridized carbons (Fsp3) is 0.538. The van der Waals surface area contributed by atoms with Crippen molar-refractivity contribution in [2.24, 2.45) is 0 Å². The van der Waals surface area contributed by atoms with Gasteiger partial charge in [-0.1, -0.05) is 65.5 Å². The summed E-state index contributed by atoms with van der Waals surface area (Å²) >= 11 is 0. The average molecular weight is 182 g/mol. The molecule has 0 aliphatic carbocycles. The molecule has 13 heavy (non-hydrogen) atoms. The van der Waals surface area contributed by atoms with Crippen LogP contribution in [0.25, 0.3) is 0 Å². The first-order chi connectivity index (χ1) is 6.35. The van der Waals surface area contributed by atoms with E-state index in [2.05, 4.69) is 19.6 Å². The highest BCUT2D eigenvalue weighted by Crippen LogP contribution is 2.01. The van der Waals surface area contributed by atoms with Gasteiger partial charge in [0.1, 0.15) is 0 Å². The van der Waals surface area contributed by atoms with Crippen LogP contribution in [0.3, 0.4) is 0 Å². The summed E-state index contributed by atoms with van der Waals surface area (Å²) in [6, 6.07) is 0. The van der Waals surface area contributed by atoms with Crippen molar-refractivity contribution in [2.45, 2.75) is 48.0 Å². The predicted octanol–water partition coefficient (Wildman–Crippen LogP) is 5.14. The van der Waals surface area contributed by atoms with Gasteiger partial charge in [0, 0.05) is 0 Å². The van der Waals surface area contributed by atoms with Crippen molar-refractivity contribution in [2.75, 3.05) is 0 Å². The molecule has 0 saturated heterocycles. The van der Waals surface area contributed by atoms with Gasteiger partial charge in [0.15, 0.2) is 0 Å². The van der Waals surface area contributed by atoms with Gasteiger partial charge >= 0.3 is 0 Å². The Bertz CT molecular complexity index is 127. The van der Waals surface area contributed by atoms with E-state index in [0.29, 0.717) is 0 Å². The molecule has 78 valence electrons. The highest BCUT2D eigenvalue weighted by Gasteiger charge is 1.80. The Balaban J connectivity index is -0.000000218. The lowest BCUT2D eigenvalue weighted by Crippen LogP contribution is -1.70. The zero-order chi connectivity index (χ0) is 11.1. The van der Waals surface area contributed by atoms with E-state index in [-0.39, 0.29) is 0 Å². The first-order valence-electron chi connectivity index (χ1n) is 5.29. The molecule has 0 saturated carbocycles. The summed E-state index contributed by atoms with van der Waals surface area (Å²) < 4.78 is 0. The molecule has 0 unspecified atom stereocenters. The van der Waals surface area contributed by atoms with Crippen molar-refractivity contribution in [1.82, 2.24) is 0 Å². The van der Waals surface area contributed by atoms with Crippen molar-refractivity contribution >= 4 is 0 Å². The van der Waals surface area contributed by atoms with Crippen LogP contribution in [0.15, 0.2) is 36.5 Å². The fourth-order valence-corrected chi connectivity index (χ4v) is 0.657. The van der Waals surface area contributed by atoms with Crippen LogP contribution in [-0.2, 0) is 0 Å². The van der Waals surface area contributed by atoms with E-state index < -0.39 is 0 Å². The summed E-state index contributed by atoms with van der Waals surface area (Å²) in [6.45, 7) is 15.8. The molecule has 0 fully saturated rings. The standard InChI is InChI=1S/C9H14.2C2H6/c1-4-7-9(6-3)8-5-2;2*1-2/h4-5,7-8H,1,6H2,2-3H3;2*1-2H3/b8-5-,9-7-;;. The Labute approximate surface area is 85.1 Å². The van der Waals surface area contributed by atoms with Crippen LogP contribution in [0.1, 0.15) is 48.0 Å². The lowest BCUT2D eigenvalue weighted by atomic mass is 10.2. The van der Waals surface area contributed by atoms with Gasteiger partial charge in [-0.25, -0.2) is 0 Å². The molecule has 0 aromatic heterocycles. The summed E-state index contributed by atoms with van der Waals surface area (Å²) in [6.07, 6.45) is 9.07. The molecule has 0 aliphatic heterocycles. The summed E-state index contributed by atoms with van der Waals surface area (Å²) in [5, 5.41) is 0. The molecule has 0 spiro atoms. The van der Waals surface area contributed by atoms with Crippen LogP contribution in [-0.4, -0.2) is 0 Å². The lowest BCUT2D eigenvalue weighted by Gasteiger charge is -1.90. The highest BCUT2D eigenvalue weighted by molar-refractivity contribution is 5.21. The Kier molecular flexibility index (Phi) is 31.3. The third-order valence-electron chi connectivity index (χ3n) is 1.12. The normalized spacial score (nSPS) is 9.54. The number of allylic oxidation sites excluding steroid dienone is 5. The van der Waals surface area contributed by atoms with Crippen LogP contribution in [0, 0.1) is 0 Å². The molecule has 0 aromatic rings. The van der Waals surface area contributed by atoms with Crippen molar-refractivity contribution < 1.29 is 0 Å². The minimum atomic E-state index is 1.08. The van der Waals surface area contributed by atoms with Crippen LogP contribution >= 0.6 is 0 Å². The van der Waals surface area contributed by atoms with E-state index in [4.69, 9.17) is 0 Å². The number of hydrogen-bond acceptors (Lipinski definition) is 0. The SMILES string of the molecule is C=C/C=C(\C=C/C)CC.CC.CC. The first kappa shape index (κ1) is 18.1. The van der Waals surface area contributed by atoms with Crippen molar-refractivity contribution in [3.05, 3.63) is 36.5 Å². The predicted molar refractivity (Wildman–Crippen MR) is 66.1 cm³/mol. The Hall–Kier alpha value is -0.780. The quantitative estimate of drug-likeness (QED) is 0.530. The molecule has 0 heteroatoms. The van der Waals surface area contributed by atoms with Crippen LogP contribution in [0.2, 0.25) is 0 Å². The zero-order valence-electron chi connectivity index (χ0n) is 10.2. The lowest BCUT2D eigenvalue weighted by molar-refractivity contribution is 1.15. The van der Waals surface area contributed by atoms with Gasteiger partial charge in [-0.05, 0) is 18.9 Å². The van der Waals surface area contributed by atoms with Gasteiger partial charge in [0.2, 0.25) is 0 Å². The van der Waals surface area contributed by atoms with Gasteiger partial charge in [-0.2, -0.15) is 0 Å². The van der Waals surface area contributed by atoms with Gasteiger partial charge in [0.05, 0.1) is 0 Å². The van der Waals surface area contributed by atoms with Gasteiger partial charge in [-0.15, -0.1) is 0 Å². The molecule has 0 aliphatic rings. The molecule has 0 bridgehead atoms. The van der Waals surface area contributed by atoms with E-state index in [1.807, 2.05) is 52.8 Å². The van der Waals surface area contributed by atoms with Crippen molar-refractivity contribution in [3.63, 3.8) is 0 Å². The first-order valence-corrected chi connectivity index (χ1v) is 5.29. The maximum Gasteiger partial charge on any atom is -0.0308 e. The summed E-state index contributed by atoms with van der Waals surface area (Å²) in [5.74, 6) is 0. The van der Waals surface area contributed by atoms with Gasteiger partial charge in [-0.3, -0.25) is 0 Å². The van der Waals surface area contributed by atoms with E-state index in [9.17, 15) is 0 Å². The van der Waals surface area contributed by atoms with Crippen molar-refractivity contribution in [3.8, 4) is 0 Å². The molecule has 0 amide bonds. The van der Waals surface area contributed by atoms with Crippen molar-refractivity contribution in [1.29, 1.82) is 0 Å². The smallest absolute Gasteiger partial charge is 0.0308 e. The molecular weight excluding hydrogens is 156 g/mol. The van der Waals surface area contributed by atoms with Gasteiger partial charge in [0.25, 0.3) is 0 Å². The average Bonchev–Trinajstić information content (AvgIpc) is 2.23. The second kappa shape index (κ2) is 22.5. The van der Waals surface area contributed by atoms with E-state index in [1.165, 1.54) is 5.57 Å². The molecule has 0 aromatic carbocycles. The second-order valence-electron chi connectivity index (χ2n) is 1.83. The number of rotatable bonds is 3. The molecular formula is C13H26. The Morgan fingerprint density at radius 1 is 1.15 bits per heavy atom. The van der Waals surface area contributed by atoms with Crippen LogP contribution < -0.4 is 0 Å². The minimum absolute atomic E-state index is 1.08. The highest BCUT2D eigenvalue weighted by atomic mass is 13.9. The second-order valence-corrected chi connectivity index (χ2v) is 1.83. The molecule has 0 rings (SSSR count). The largest absolute Gasteiger partial charge is 0.0991 e. The Morgan fingerprint density at radius 3 is 1.85 bits per heavy atom. The van der Waals surface area contributed by atoms with Crippen LogP contribution in [0.4, 0.5) is 0 Å². The maximum atomic E-state index is 3.62. The molecule has 0 radical (unpaired) electrons. The number of hydrogen-bond donors (Lipinski definition) is 0. The molecule has 0 nitrogen and oxygen atoms in total. The zero-order valence-corrected chi connectivity index (χ0v) is 10.2. The molecule has 0 atom stereocenters. The van der Waals surface area contributed by atoms with E-state index in [1.54, 1.807) is 0 Å². The van der Waals surface area contributed by atoms with E-state index >= 15 is 0 Å². The maximum absolute atomic E-state index is 3.62. The third-order valence-corrected chi connectivity index (χ3v) is 1.12. The summed E-state index contributed by atoms with van der Waals surface area (Å²) in [5.41, 5.74) is 1.33. The van der Waals surface area contributed by atoms with Crippen LogP contribution in [0.5, 0.6) is 0 Å². The molecule has 0 heterocycles.